The van der Waals surface area contributed by atoms with Gasteiger partial charge in [0.1, 0.15) is 12.0 Å². The summed E-state index contributed by atoms with van der Waals surface area (Å²) in [6, 6.07) is 6.63. The van der Waals surface area contributed by atoms with Crippen LogP contribution >= 0.6 is 0 Å². The maximum absolute atomic E-state index is 11.6. The van der Waals surface area contributed by atoms with Gasteiger partial charge in [0.2, 0.25) is 0 Å². The third-order valence-corrected chi connectivity index (χ3v) is 2.27. The number of nitrogens with zero attached hydrogens (tertiary/aromatic N) is 2. The van der Waals surface area contributed by atoms with Gasteiger partial charge in [0, 0.05) is 11.9 Å². The van der Waals surface area contributed by atoms with Crippen molar-refractivity contribution >= 4 is 11.6 Å². The maximum atomic E-state index is 11.6. The number of benzene rings is 1. The van der Waals surface area contributed by atoms with E-state index in [0.29, 0.717) is 11.4 Å². The SMILES string of the molecule is Cc1cc(N)ccc1ONC(=O)c1ccncn1. The van der Waals surface area contributed by atoms with Crippen molar-refractivity contribution in [2.45, 2.75) is 6.92 Å². The number of aryl methyl sites for hydroxylation is 1. The molecule has 18 heavy (non-hydrogen) atoms. The van der Waals surface area contributed by atoms with Crippen LogP contribution in [0.15, 0.2) is 36.8 Å². The summed E-state index contributed by atoms with van der Waals surface area (Å²) in [5, 5.41) is 0. The van der Waals surface area contributed by atoms with Gasteiger partial charge >= 0.3 is 5.91 Å². The van der Waals surface area contributed by atoms with Crippen molar-refractivity contribution in [1.29, 1.82) is 0 Å². The van der Waals surface area contributed by atoms with Gasteiger partial charge in [0.25, 0.3) is 0 Å². The zero-order valence-electron chi connectivity index (χ0n) is 9.75. The maximum Gasteiger partial charge on any atom is 0.302 e. The molecule has 1 aromatic carbocycles. The van der Waals surface area contributed by atoms with E-state index in [1.807, 2.05) is 6.92 Å². The Morgan fingerprint density at radius 1 is 1.39 bits per heavy atom. The highest BCUT2D eigenvalue weighted by Crippen LogP contribution is 2.19. The Morgan fingerprint density at radius 2 is 2.22 bits per heavy atom. The Kier molecular flexibility index (Phi) is 3.38. The van der Waals surface area contributed by atoms with Crippen LogP contribution < -0.4 is 16.1 Å². The van der Waals surface area contributed by atoms with E-state index in [0.717, 1.165) is 5.56 Å². The average molecular weight is 244 g/mol. The molecular weight excluding hydrogens is 232 g/mol. The fourth-order valence-corrected chi connectivity index (χ4v) is 1.37. The zero-order valence-corrected chi connectivity index (χ0v) is 9.75. The van der Waals surface area contributed by atoms with E-state index in [2.05, 4.69) is 15.4 Å². The van der Waals surface area contributed by atoms with E-state index in [1.165, 1.54) is 18.6 Å². The summed E-state index contributed by atoms with van der Waals surface area (Å²) in [5.41, 5.74) is 9.63. The summed E-state index contributed by atoms with van der Waals surface area (Å²) in [5.74, 6) is 0.0974. The van der Waals surface area contributed by atoms with Crippen molar-refractivity contribution in [2.24, 2.45) is 0 Å². The van der Waals surface area contributed by atoms with Gasteiger partial charge in [-0.2, -0.15) is 5.48 Å². The van der Waals surface area contributed by atoms with Crippen molar-refractivity contribution < 1.29 is 9.63 Å². The molecule has 6 heteroatoms. The molecule has 0 atom stereocenters. The van der Waals surface area contributed by atoms with Crippen LogP contribution in [0, 0.1) is 6.92 Å². The molecule has 0 aliphatic rings. The van der Waals surface area contributed by atoms with Crippen molar-refractivity contribution in [1.82, 2.24) is 15.4 Å². The number of hydrogen-bond acceptors (Lipinski definition) is 5. The Hall–Kier alpha value is -2.63. The monoisotopic (exact) mass is 244 g/mol. The number of amides is 1. The fourth-order valence-electron chi connectivity index (χ4n) is 1.37. The molecule has 92 valence electrons. The minimum Gasteiger partial charge on any atom is -0.399 e. The van der Waals surface area contributed by atoms with E-state index in [4.69, 9.17) is 10.6 Å². The second-order valence-corrected chi connectivity index (χ2v) is 3.65. The summed E-state index contributed by atoms with van der Waals surface area (Å²) in [4.78, 5) is 24.4. The van der Waals surface area contributed by atoms with Gasteiger partial charge in [-0.1, -0.05) is 0 Å². The standard InChI is InChI=1S/C12H12N4O2/c1-8-6-9(13)2-3-11(8)18-16-12(17)10-4-5-14-7-15-10/h2-7H,13H2,1H3,(H,16,17). The molecule has 1 aromatic heterocycles. The van der Waals surface area contributed by atoms with Crippen molar-refractivity contribution in [3.05, 3.63) is 48.0 Å². The van der Waals surface area contributed by atoms with Gasteiger partial charge in [0.15, 0.2) is 5.75 Å². The molecule has 6 nitrogen and oxygen atoms in total. The minimum atomic E-state index is -0.436. The molecule has 2 aromatic rings. The summed E-state index contributed by atoms with van der Waals surface area (Å²) < 4.78 is 0. The zero-order chi connectivity index (χ0) is 13.0. The molecule has 2 rings (SSSR count). The summed E-state index contributed by atoms with van der Waals surface area (Å²) in [6.07, 6.45) is 2.78. The van der Waals surface area contributed by atoms with Gasteiger partial charge < -0.3 is 10.6 Å². The molecular formula is C12H12N4O2. The van der Waals surface area contributed by atoms with Gasteiger partial charge in [-0.05, 0) is 36.8 Å². The molecule has 3 N–H and O–H groups in total. The molecule has 0 aliphatic heterocycles. The first-order chi connectivity index (χ1) is 8.66. The first-order valence-corrected chi connectivity index (χ1v) is 5.26. The number of rotatable bonds is 3. The first kappa shape index (κ1) is 11.8. The highest BCUT2D eigenvalue weighted by atomic mass is 16.7. The lowest BCUT2D eigenvalue weighted by molar-refractivity contribution is 0.0753. The number of nitrogens with two attached hydrogens (primary N) is 1. The van der Waals surface area contributed by atoms with Crippen molar-refractivity contribution in [3.8, 4) is 5.75 Å². The quantitative estimate of drug-likeness (QED) is 0.623. The highest BCUT2D eigenvalue weighted by molar-refractivity contribution is 5.91. The number of aromatic nitrogens is 2. The lowest BCUT2D eigenvalue weighted by atomic mass is 10.2. The van der Waals surface area contributed by atoms with Crippen LogP contribution in [-0.4, -0.2) is 15.9 Å². The Labute approximate surface area is 104 Å². The second-order valence-electron chi connectivity index (χ2n) is 3.65. The predicted octanol–water partition coefficient (Wildman–Crippen LogP) is 1.09. The topological polar surface area (TPSA) is 90.1 Å². The van der Waals surface area contributed by atoms with Crippen LogP contribution in [-0.2, 0) is 0 Å². The van der Waals surface area contributed by atoms with Gasteiger partial charge in [-0.15, -0.1) is 0 Å². The lowest BCUT2D eigenvalue weighted by Gasteiger charge is -2.09. The van der Waals surface area contributed by atoms with Crippen LogP contribution in [0.1, 0.15) is 16.1 Å². The van der Waals surface area contributed by atoms with E-state index < -0.39 is 5.91 Å². The number of hydrogen-bond donors (Lipinski definition) is 2. The number of hydroxylamine groups is 1. The number of nitrogens with one attached hydrogen (secondary N) is 1. The second kappa shape index (κ2) is 5.13. The van der Waals surface area contributed by atoms with Crippen LogP contribution in [0.4, 0.5) is 5.69 Å². The fraction of sp³-hybridized carbons (Fsp3) is 0.0833. The number of carbonyl (C=O) groups excluding carboxylic acids is 1. The lowest BCUT2D eigenvalue weighted by Crippen LogP contribution is -2.28. The smallest absolute Gasteiger partial charge is 0.302 e. The van der Waals surface area contributed by atoms with Crippen LogP contribution in [0.25, 0.3) is 0 Å². The molecule has 0 saturated heterocycles. The van der Waals surface area contributed by atoms with Crippen LogP contribution in [0.5, 0.6) is 5.75 Å². The van der Waals surface area contributed by atoms with Gasteiger partial charge in [-0.25, -0.2) is 9.97 Å². The average Bonchev–Trinajstić information content (AvgIpc) is 2.38. The van der Waals surface area contributed by atoms with E-state index in [9.17, 15) is 4.79 Å². The Bertz CT molecular complexity index is 557. The number of carbonyl (C=O) groups is 1. The van der Waals surface area contributed by atoms with Crippen molar-refractivity contribution in [3.63, 3.8) is 0 Å². The van der Waals surface area contributed by atoms with E-state index in [-0.39, 0.29) is 5.69 Å². The third kappa shape index (κ3) is 2.73. The molecule has 1 amide bonds. The molecule has 0 spiro atoms. The summed E-state index contributed by atoms with van der Waals surface area (Å²) >= 11 is 0. The molecule has 0 aliphatic carbocycles. The first-order valence-electron chi connectivity index (χ1n) is 5.26. The summed E-state index contributed by atoms with van der Waals surface area (Å²) in [7, 11) is 0. The molecule has 0 fully saturated rings. The largest absolute Gasteiger partial charge is 0.399 e. The van der Waals surface area contributed by atoms with E-state index in [1.54, 1.807) is 18.2 Å². The van der Waals surface area contributed by atoms with E-state index >= 15 is 0 Å². The highest BCUT2D eigenvalue weighted by Gasteiger charge is 2.08. The van der Waals surface area contributed by atoms with Gasteiger partial charge in [0.05, 0.1) is 0 Å². The van der Waals surface area contributed by atoms with Gasteiger partial charge in [-0.3, -0.25) is 4.79 Å². The molecule has 0 unspecified atom stereocenters. The normalized spacial score (nSPS) is 9.83. The van der Waals surface area contributed by atoms with Crippen LogP contribution in [0.3, 0.4) is 0 Å². The molecule has 0 saturated carbocycles. The Morgan fingerprint density at radius 3 is 2.89 bits per heavy atom. The Balaban J connectivity index is 2.02. The third-order valence-electron chi connectivity index (χ3n) is 2.27. The molecule has 1 heterocycles. The predicted molar refractivity (Wildman–Crippen MR) is 65.7 cm³/mol. The van der Waals surface area contributed by atoms with Crippen LogP contribution in [0.2, 0.25) is 0 Å². The number of anilines is 1. The summed E-state index contributed by atoms with van der Waals surface area (Å²) in [6.45, 7) is 1.84. The van der Waals surface area contributed by atoms with Crippen molar-refractivity contribution in [2.75, 3.05) is 5.73 Å². The number of nitrogen functional groups attached to an aromatic ring is 1. The minimum absolute atomic E-state index is 0.234. The molecule has 0 radical (unpaired) electrons. The molecule has 0 bridgehead atoms.